The smallest absolute Gasteiger partial charge is 0.144 e. The van der Waals surface area contributed by atoms with Crippen LogP contribution in [0.4, 0.5) is 0 Å². The maximum Gasteiger partial charge on any atom is 0.144 e. The predicted molar refractivity (Wildman–Crippen MR) is 84.1 cm³/mol. The van der Waals surface area contributed by atoms with Crippen LogP contribution in [0.25, 0.3) is 0 Å². The Hall–Kier alpha value is -1.15. The average molecular weight is 273 g/mol. The highest BCUT2D eigenvalue weighted by Crippen LogP contribution is 2.34. The fourth-order valence-electron chi connectivity index (χ4n) is 3.58. The number of ketones is 1. The number of Topliss-reactive ketones (excluding diaryl/α,β-unsaturated/α-hetero) is 1. The predicted octanol–water partition coefficient (Wildman–Crippen LogP) is 3.58. The minimum atomic E-state index is -0.120. The molecule has 1 aromatic rings. The Kier molecular flexibility index (Phi) is 4.98. The van der Waals surface area contributed by atoms with Gasteiger partial charge in [0, 0.05) is 18.4 Å². The van der Waals surface area contributed by atoms with E-state index in [9.17, 15) is 4.79 Å². The molecular weight excluding hydrogens is 246 g/mol. The van der Waals surface area contributed by atoms with E-state index < -0.39 is 0 Å². The van der Waals surface area contributed by atoms with E-state index in [0.29, 0.717) is 12.2 Å². The molecule has 0 aromatic heterocycles. The van der Waals surface area contributed by atoms with Crippen molar-refractivity contribution in [3.05, 3.63) is 34.9 Å². The molecule has 20 heavy (non-hydrogen) atoms. The lowest BCUT2D eigenvalue weighted by molar-refractivity contribution is -0.129. The SMILES string of the molecule is CCCC1(C(=O)Cc2cc(C)cc(C)c2)CCCNC1. The van der Waals surface area contributed by atoms with Gasteiger partial charge in [-0.2, -0.15) is 0 Å². The molecule has 1 aliphatic rings. The van der Waals surface area contributed by atoms with Crippen molar-refractivity contribution < 1.29 is 4.79 Å². The van der Waals surface area contributed by atoms with Gasteiger partial charge in [0.05, 0.1) is 0 Å². The quantitative estimate of drug-likeness (QED) is 0.888. The Morgan fingerprint density at radius 1 is 1.25 bits per heavy atom. The zero-order valence-corrected chi connectivity index (χ0v) is 13.1. The van der Waals surface area contributed by atoms with Crippen molar-refractivity contribution in [2.24, 2.45) is 5.41 Å². The Morgan fingerprint density at radius 2 is 1.95 bits per heavy atom. The second-order valence-electron chi connectivity index (χ2n) is 6.41. The highest BCUT2D eigenvalue weighted by molar-refractivity contribution is 5.87. The van der Waals surface area contributed by atoms with Gasteiger partial charge < -0.3 is 5.32 Å². The fourth-order valence-corrected chi connectivity index (χ4v) is 3.58. The lowest BCUT2D eigenvalue weighted by Gasteiger charge is -2.36. The Morgan fingerprint density at radius 3 is 2.50 bits per heavy atom. The van der Waals surface area contributed by atoms with E-state index in [-0.39, 0.29) is 5.41 Å². The molecule has 0 radical (unpaired) electrons. The third-order valence-electron chi connectivity index (χ3n) is 4.44. The Labute approximate surface area is 123 Å². The third-order valence-corrected chi connectivity index (χ3v) is 4.44. The summed E-state index contributed by atoms with van der Waals surface area (Å²) in [6.45, 7) is 8.31. The molecule has 0 saturated carbocycles. The molecule has 1 fully saturated rings. The number of rotatable bonds is 5. The maximum atomic E-state index is 12.9. The van der Waals surface area contributed by atoms with Gasteiger partial charge in [-0.15, -0.1) is 0 Å². The number of carbonyl (C=O) groups is 1. The standard InChI is InChI=1S/C18H27NO/c1-4-6-18(7-5-8-19-13-18)17(20)12-16-10-14(2)9-15(3)11-16/h9-11,19H,4-8,12-13H2,1-3H3. The van der Waals surface area contributed by atoms with Crippen LogP contribution in [0.5, 0.6) is 0 Å². The van der Waals surface area contributed by atoms with Crippen LogP contribution in [0, 0.1) is 19.3 Å². The van der Waals surface area contributed by atoms with Gasteiger partial charge in [0.25, 0.3) is 0 Å². The van der Waals surface area contributed by atoms with E-state index in [1.54, 1.807) is 0 Å². The normalized spacial score (nSPS) is 22.8. The monoisotopic (exact) mass is 273 g/mol. The molecule has 2 rings (SSSR count). The van der Waals surface area contributed by atoms with Crippen LogP contribution in [-0.2, 0) is 11.2 Å². The zero-order valence-electron chi connectivity index (χ0n) is 13.1. The van der Waals surface area contributed by atoms with E-state index in [1.165, 1.54) is 16.7 Å². The summed E-state index contributed by atoms with van der Waals surface area (Å²) in [5, 5.41) is 3.43. The average Bonchev–Trinajstić information content (AvgIpc) is 2.38. The molecule has 110 valence electrons. The minimum absolute atomic E-state index is 0.120. The lowest BCUT2D eigenvalue weighted by Crippen LogP contribution is -2.46. The van der Waals surface area contributed by atoms with Gasteiger partial charge in [0.2, 0.25) is 0 Å². The highest BCUT2D eigenvalue weighted by atomic mass is 16.1. The minimum Gasteiger partial charge on any atom is -0.316 e. The topological polar surface area (TPSA) is 29.1 Å². The Balaban J connectivity index is 2.15. The van der Waals surface area contributed by atoms with Crippen LogP contribution in [0.1, 0.15) is 49.3 Å². The summed E-state index contributed by atoms with van der Waals surface area (Å²) in [6, 6.07) is 6.47. The first-order valence-electron chi connectivity index (χ1n) is 7.87. The first kappa shape index (κ1) is 15.2. The molecule has 0 aliphatic carbocycles. The van der Waals surface area contributed by atoms with E-state index in [0.717, 1.165) is 38.8 Å². The summed E-state index contributed by atoms with van der Waals surface area (Å²) in [4.78, 5) is 12.9. The van der Waals surface area contributed by atoms with Gasteiger partial charge in [-0.3, -0.25) is 4.79 Å². The molecule has 2 nitrogen and oxygen atoms in total. The summed E-state index contributed by atoms with van der Waals surface area (Å²) >= 11 is 0. The van der Waals surface area contributed by atoms with Crippen molar-refractivity contribution in [3.8, 4) is 0 Å². The molecule has 0 amide bonds. The van der Waals surface area contributed by atoms with Crippen LogP contribution < -0.4 is 5.32 Å². The third kappa shape index (κ3) is 3.49. The number of piperidine rings is 1. The molecule has 0 spiro atoms. The van der Waals surface area contributed by atoms with E-state index in [4.69, 9.17) is 0 Å². The molecule has 0 bridgehead atoms. The summed E-state index contributed by atoms with van der Waals surface area (Å²) in [7, 11) is 0. The molecule has 1 atom stereocenters. The van der Waals surface area contributed by atoms with Crippen molar-refractivity contribution in [2.45, 2.75) is 52.9 Å². The number of hydrogen-bond acceptors (Lipinski definition) is 2. The highest BCUT2D eigenvalue weighted by Gasteiger charge is 2.37. The van der Waals surface area contributed by atoms with Crippen molar-refractivity contribution >= 4 is 5.78 Å². The second kappa shape index (κ2) is 6.53. The van der Waals surface area contributed by atoms with Gasteiger partial charge in [-0.25, -0.2) is 0 Å². The van der Waals surface area contributed by atoms with Gasteiger partial charge >= 0.3 is 0 Å². The lowest BCUT2D eigenvalue weighted by atomic mass is 9.72. The van der Waals surface area contributed by atoms with Gasteiger partial charge in [0.1, 0.15) is 5.78 Å². The molecule has 1 unspecified atom stereocenters. The summed E-state index contributed by atoms with van der Waals surface area (Å²) in [5.41, 5.74) is 3.55. The van der Waals surface area contributed by atoms with Crippen LogP contribution >= 0.6 is 0 Å². The zero-order chi connectivity index (χ0) is 14.6. The molecule has 1 saturated heterocycles. The van der Waals surface area contributed by atoms with Crippen LogP contribution in [0.15, 0.2) is 18.2 Å². The van der Waals surface area contributed by atoms with Crippen molar-refractivity contribution in [1.29, 1.82) is 0 Å². The summed E-state index contributed by atoms with van der Waals surface area (Å²) in [6.07, 6.45) is 4.87. The van der Waals surface area contributed by atoms with E-state index >= 15 is 0 Å². The van der Waals surface area contributed by atoms with Crippen LogP contribution in [-0.4, -0.2) is 18.9 Å². The molecule has 1 aromatic carbocycles. The first-order valence-corrected chi connectivity index (χ1v) is 7.87. The van der Waals surface area contributed by atoms with Crippen molar-refractivity contribution in [3.63, 3.8) is 0 Å². The fraction of sp³-hybridized carbons (Fsp3) is 0.611. The number of carbonyl (C=O) groups excluding carboxylic acids is 1. The van der Waals surface area contributed by atoms with E-state index in [2.05, 4.69) is 44.3 Å². The van der Waals surface area contributed by atoms with Crippen molar-refractivity contribution in [1.82, 2.24) is 5.32 Å². The number of benzene rings is 1. The number of hydrogen-bond donors (Lipinski definition) is 1. The first-order chi connectivity index (χ1) is 9.55. The molecule has 1 aliphatic heterocycles. The number of aryl methyl sites for hydroxylation is 2. The van der Waals surface area contributed by atoms with E-state index in [1.807, 2.05) is 0 Å². The van der Waals surface area contributed by atoms with Gasteiger partial charge in [-0.1, -0.05) is 42.7 Å². The van der Waals surface area contributed by atoms with Crippen LogP contribution in [0.2, 0.25) is 0 Å². The molecule has 2 heteroatoms. The van der Waals surface area contributed by atoms with Gasteiger partial charge in [0.15, 0.2) is 0 Å². The molecule has 1 heterocycles. The Bertz CT molecular complexity index is 447. The van der Waals surface area contributed by atoms with Gasteiger partial charge in [-0.05, 0) is 45.2 Å². The molecule has 1 N–H and O–H groups in total. The second-order valence-corrected chi connectivity index (χ2v) is 6.41. The molecular formula is C18H27NO. The maximum absolute atomic E-state index is 12.9. The van der Waals surface area contributed by atoms with Crippen LogP contribution in [0.3, 0.4) is 0 Å². The summed E-state index contributed by atoms with van der Waals surface area (Å²) < 4.78 is 0. The number of nitrogens with one attached hydrogen (secondary N) is 1. The summed E-state index contributed by atoms with van der Waals surface area (Å²) in [5.74, 6) is 0.427. The largest absolute Gasteiger partial charge is 0.316 e. The van der Waals surface area contributed by atoms with Crippen molar-refractivity contribution in [2.75, 3.05) is 13.1 Å².